The van der Waals surface area contributed by atoms with Crippen molar-refractivity contribution in [2.75, 3.05) is 24.6 Å². The first-order valence-electron chi connectivity index (χ1n) is 9.76. The van der Waals surface area contributed by atoms with E-state index in [9.17, 15) is 4.79 Å². The lowest BCUT2D eigenvalue weighted by Gasteiger charge is -2.18. The molecule has 4 rings (SSSR count). The summed E-state index contributed by atoms with van der Waals surface area (Å²) in [5, 5.41) is 9.97. The number of ether oxygens (including phenoxy) is 1. The first-order chi connectivity index (χ1) is 13.2. The topological polar surface area (TPSA) is 60.2 Å². The van der Waals surface area contributed by atoms with E-state index in [4.69, 9.17) is 4.74 Å². The summed E-state index contributed by atoms with van der Waals surface area (Å²) in [4.78, 5) is 14.1. The summed E-state index contributed by atoms with van der Waals surface area (Å²) in [5.41, 5.74) is 1.75. The third-order valence-electron chi connectivity index (χ3n) is 5.07. The van der Waals surface area contributed by atoms with Crippen LogP contribution in [0.5, 0.6) is 5.75 Å². The van der Waals surface area contributed by atoms with E-state index in [1.807, 2.05) is 25.1 Å². The number of hydrogen-bond acceptors (Lipinski definition) is 6. The van der Waals surface area contributed by atoms with Gasteiger partial charge in [0.25, 0.3) is 0 Å². The van der Waals surface area contributed by atoms with Gasteiger partial charge in [-0.15, -0.1) is 10.2 Å². The minimum atomic E-state index is 0.0711. The van der Waals surface area contributed by atoms with Crippen LogP contribution in [0.15, 0.2) is 23.4 Å². The van der Waals surface area contributed by atoms with Crippen LogP contribution in [0, 0.1) is 0 Å². The molecule has 0 N–H and O–H groups in total. The highest BCUT2D eigenvalue weighted by molar-refractivity contribution is 7.98. The van der Waals surface area contributed by atoms with Crippen molar-refractivity contribution in [3.8, 4) is 5.75 Å². The molecule has 1 aromatic carbocycles. The number of carbonyl (C=O) groups excluding carboxylic acids is 1. The number of ketones is 1. The number of nitrogens with zero attached hydrogens (tertiary/aromatic N) is 4. The molecule has 2 fully saturated rings. The van der Waals surface area contributed by atoms with Crippen LogP contribution in [-0.2, 0) is 5.75 Å². The highest BCUT2D eigenvalue weighted by atomic mass is 32.2. The quantitative estimate of drug-likeness (QED) is 0.503. The van der Waals surface area contributed by atoms with E-state index in [2.05, 4.69) is 19.7 Å². The Morgan fingerprint density at radius 2 is 2.04 bits per heavy atom. The maximum Gasteiger partial charge on any atom is 0.228 e. The third-order valence-corrected chi connectivity index (χ3v) is 6.06. The normalized spacial score (nSPS) is 16.7. The van der Waals surface area contributed by atoms with Gasteiger partial charge in [-0.25, -0.2) is 0 Å². The number of thioether (sulfide) groups is 1. The second-order valence-corrected chi connectivity index (χ2v) is 8.12. The van der Waals surface area contributed by atoms with E-state index >= 15 is 0 Å². The van der Waals surface area contributed by atoms with Gasteiger partial charge in [0.05, 0.1) is 6.61 Å². The zero-order valence-corrected chi connectivity index (χ0v) is 16.8. The van der Waals surface area contributed by atoms with E-state index in [0.717, 1.165) is 41.1 Å². The van der Waals surface area contributed by atoms with Crippen LogP contribution in [0.1, 0.15) is 61.5 Å². The summed E-state index contributed by atoms with van der Waals surface area (Å²) in [6.07, 6.45) is 4.87. The molecule has 0 amide bonds. The molecular formula is C20H26N4O2S. The molecule has 0 bridgehead atoms. The van der Waals surface area contributed by atoms with Crippen LogP contribution >= 0.6 is 11.8 Å². The molecule has 0 unspecified atom stereocenters. The van der Waals surface area contributed by atoms with Crippen LogP contribution in [-0.4, -0.2) is 40.2 Å². The van der Waals surface area contributed by atoms with E-state index in [1.165, 1.54) is 25.7 Å². The average molecular weight is 387 g/mol. The fourth-order valence-corrected chi connectivity index (χ4v) is 4.48. The first-order valence-corrected chi connectivity index (χ1v) is 10.7. The highest BCUT2D eigenvalue weighted by Gasteiger charge is 2.32. The van der Waals surface area contributed by atoms with Gasteiger partial charge in [-0.05, 0) is 57.7 Å². The molecule has 0 radical (unpaired) electrons. The molecule has 0 spiro atoms. The summed E-state index contributed by atoms with van der Waals surface area (Å²) < 4.78 is 8.09. The Hall–Kier alpha value is -2.02. The number of aromatic nitrogens is 3. The Kier molecular flexibility index (Phi) is 5.38. The third kappa shape index (κ3) is 3.98. The van der Waals surface area contributed by atoms with Crippen LogP contribution in [0.25, 0.3) is 0 Å². The van der Waals surface area contributed by atoms with Crippen molar-refractivity contribution in [3.05, 3.63) is 29.3 Å². The number of anilines is 1. The number of hydrogen-bond donors (Lipinski definition) is 0. The lowest BCUT2D eigenvalue weighted by molar-refractivity contribution is 0.101. The summed E-state index contributed by atoms with van der Waals surface area (Å²) >= 11 is 1.68. The molecule has 144 valence electrons. The number of rotatable bonds is 8. The van der Waals surface area contributed by atoms with Gasteiger partial charge < -0.3 is 9.64 Å². The van der Waals surface area contributed by atoms with Crippen molar-refractivity contribution in [2.24, 2.45) is 0 Å². The van der Waals surface area contributed by atoms with Crippen LogP contribution < -0.4 is 9.64 Å². The van der Waals surface area contributed by atoms with Gasteiger partial charge in [-0.1, -0.05) is 11.8 Å². The molecule has 1 aliphatic heterocycles. The van der Waals surface area contributed by atoms with Crippen molar-refractivity contribution < 1.29 is 9.53 Å². The van der Waals surface area contributed by atoms with Gasteiger partial charge in [0, 0.05) is 36.0 Å². The van der Waals surface area contributed by atoms with Crippen molar-refractivity contribution in [1.82, 2.24) is 14.8 Å². The highest BCUT2D eigenvalue weighted by Crippen LogP contribution is 2.42. The largest absolute Gasteiger partial charge is 0.494 e. The van der Waals surface area contributed by atoms with E-state index in [-0.39, 0.29) is 5.78 Å². The number of carbonyl (C=O) groups is 1. The summed E-state index contributed by atoms with van der Waals surface area (Å²) in [6.45, 7) is 6.32. The fraction of sp³-hybridized carbons (Fsp3) is 0.550. The molecule has 1 aliphatic carbocycles. The Labute approximate surface area is 164 Å². The molecule has 27 heavy (non-hydrogen) atoms. The Morgan fingerprint density at radius 1 is 1.26 bits per heavy atom. The van der Waals surface area contributed by atoms with E-state index < -0.39 is 0 Å². The van der Waals surface area contributed by atoms with Gasteiger partial charge in [0.1, 0.15) is 5.75 Å². The molecule has 1 saturated carbocycles. The SMILES string of the molecule is CCOc1ccc(C(C)=O)cc1CSc1nnc(N2CCCC2)n1C1CC1. The Morgan fingerprint density at radius 3 is 2.70 bits per heavy atom. The molecule has 2 aliphatic rings. The second kappa shape index (κ2) is 7.92. The second-order valence-electron chi connectivity index (χ2n) is 7.18. The molecule has 2 heterocycles. The van der Waals surface area contributed by atoms with Gasteiger partial charge in [-0.3, -0.25) is 9.36 Å². The minimum absolute atomic E-state index is 0.0711. The lowest BCUT2D eigenvalue weighted by Crippen LogP contribution is -2.22. The van der Waals surface area contributed by atoms with E-state index in [1.54, 1.807) is 18.7 Å². The monoisotopic (exact) mass is 386 g/mol. The summed E-state index contributed by atoms with van der Waals surface area (Å²) in [6, 6.07) is 6.21. The van der Waals surface area contributed by atoms with Crippen molar-refractivity contribution in [3.63, 3.8) is 0 Å². The molecular weight excluding hydrogens is 360 g/mol. The standard InChI is InChI=1S/C20H26N4O2S/c1-3-26-18-9-6-15(14(2)25)12-16(18)13-27-20-22-21-19(23-10-4-5-11-23)24(20)17-7-8-17/h6,9,12,17H,3-5,7-8,10-11,13H2,1-2H3. The molecule has 2 aromatic rings. The maximum atomic E-state index is 11.8. The minimum Gasteiger partial charge on any atom is -0.494 e. The molecule has 0 atom stereocenters. The summed E-state index contributed by atoms with van der Waals surface area (Å²) in [7, 11) is 0. The Balaban J connectivity index is 1.56. The number of Topliss-reactive ketones (excluding diaryl/α,β-unsaturated/α-hetero) is 1. The predicted molar refractivity (Wildman–Crippen MR) is 107 cm³/mol. The number of benzene rings is 1. The average Bonchev–Trinajstić information content (AvgIpc) is 3.18. The smallest absolute Gasteiger partial charge is 0.228 e. The zero-order chi connectivity index (χ0) is 18.8. The fourth-order valence-electron chi connectivity index (χ4n) is 3.50. The van der Waals surface area contributed by atoms with Gasteiger partial charge >= 0.3 is 0 Å². The van der Waals surface area contributed by atoms with Gasteiger partial charge in [0.15, 0.2) is 10.9 Å². The predicted octanol–water partition coefficient (Wildman–Crippen LogP) is 4.11. The molecule has 1 saturated heterocycles. The lowest BCUT2D eigenvalue weighted by atomic mass is 10.1. The van der Waals surface area contributed by atoms with Crippen molar-refractivity contribution in [1.29, 1.82) is 0 Å². The van der Waals surface area contributed by atoms with Crippen LogP contribution in [0.2, 0.25) is 0 Å². The Bertz CT molecular complexity index is 825. The molecule has 6 nitrogen and oxygen atoms in total. The maximum absolute atomic E-state index is 11.8. The van der Waals surface area contributed by atoms with Gasteiger partial charge in [0.2, 0.25) is 5.95 Å². The zero-order valence-electron chi connectivity index (χ0n) is 16.0. The van der Waals surface area contributed by atoms with Crippen LogP contribution in [0.3, 0.4) is 0 Å². The molecule has 1 aromatic heterocycles. The van der Waals surface area contributed by atoms with Crippen LogP contribution in [0.4, 0.5) is 5.95 Å². The van der Waals surface area contributed by atoms with Crippen molar-refractivity contribution >= 4 is 23.5 Å². The first kappa shape index (κ1) is 18.3. The van der Waals surface area contributed by atoms with E-state index in [0.29, 0.717) is 18.4 Å². The van der Waals surface area contributed by atoms with Gasteiger partial charge in [-0.2, -0.15) is 0 Å². The molecule has 7 heteroatoms. The summed E-state index contributed by atoms with van der Waals surface area (Å²) in [5.74, 6) is 2.65. The van der Waals surface area contributed by atoms with Crippen molar-refractivity contribution in [2.45, 2.75) is 56.5 Å².